The Morgan fingerprint density at radius 2 is 1.92 bits per heavy atom. The van der Waals surface area contributed by atoms with Crippen LogP contribution in [0.15, 0.2) is 41.2 Å². The molecule has 1 aliphatic rings. The summed E-state index contributed by atoms with van der Waals surface area (Å²) in [5.74, 6) is 1.63. The fourth-order valence-electron chi connectivity index (χ4n) is 4.65. The number of aromatic nitrogens is 4. The van der Waals surface area contributed by atoms with E-state index < -0.39 is 10.9 Å². The largest absolute Gasteiger partial charge is 0.481 e. The van der Waals surface area contributed by atoms with E-state index in [1.165, 1.54) is 7.11 Å². The zero-order valence-electron chi connectivity index (χ0n) is 20.2. The van der Waals surface area contributed by atoms with Crippen LogP contribution in [0.1, 0.15) is 25.2 Å². The van der Waals surface area contributed by atoms with Crippen molar-refractivity contribution in [1.29, 1.82) is 0 Å². The van der Waals surface area contributed by atoms with Gasteiger partial charge >= 0.3 is 0 Å². The third-order valence-corrected chi connectivity index (χ3v) is 6.48. The highest BCUT2D eigenvalue weighted by Crippen LogP contribution is 2.34. The molecule has 3 aromatic heterocycles. The van der Waals surface area contributed by atoms with Gasteiger partial charge in [0.25, 0.3) is 0 Å². The molecule has 4 aromatic rings. The third-order valence-electron chi connectivity index (χ3n) is 6.07. The molecule has 4 heterocycles. The van der Waals surface area contributed by atoms with Gasteiger partial charge in [0.05, 0.1) is 43.8 Å². The van der Waals surface area contributed by atoms with E-state index in [-0.39, 0.29) is 18.8 Å². The molecule has 36 heavy (non-hydrogen) atoms. The third kappa shape index (κ3) is 5.26. The Morgan fingerprint density at radius 1 is 1.11 bits per heavy atom. The Kier molecular flexibility index (Phi) is 7.01. The molecule has 1 fully saturated rings. The molecule has 2 N–H and O–H groups in total. The molecule has 0 saturated carbocycles. The minimum atomic E-state index is -2.75. The lowest BCUT2D eigenvalue weighted by Crippen LogP contribution is -2.44. The number of ether oxygens (including phenoxy) is 2. The van der Waals surface area contributed by atoms with Crippen molar-refractivity contribution >= 4 is 21.8 Å². The molecule has 1 aromatic carbocycles. The molecule has 1 saturated heterocycles. The molecule has 0 bridgehead atoms. The average Bonchev–Trinajstić information content (AvgIpc) is 3.51. The van der Waals surface area contributed by atoms with E-state index in [0.717, 1.165) is 46.4 Å². The summed E-state index contributed by atoms with van der Waals surface area (Å²) in [6.45, 7) is 6.55. The SMILES string of the molecule is COc1ncc(-c2cc(-c3ncc(CN4C[C@@H](C)O[C@@H](C)C4)o3)c3cn[nH]c3c2)cc1CN[SH](=O)=O. The predicted molar refractivity (Wildman–Crippen MR) is 134 cm³/mol. The molecule has 2 atom stereocenters. The van der Waals surface area contributed by atoms with Crippen molar-refractivity contribution in [2.24, 2.45) is 0 Å². The molecule has 0 amide bonds. The summed E-state index contributed by atoms with van der Waals surface area (Å²) >= 11 is 0. The van der Waals surface area contributed by atoms with Gasteiger partial charge in [-0.2, -0.15) is 5.10 Å². The Hall–Kier alpha value is -3.32. The molecule has 11 nitrogen and oxygen atoms in total. The smallest absolute Gasteiger partial charge is 0.227 e. The topological polar surface area (TPSA) is 135 Å². The summed E-state index contributed by atoms with van der Waals surface area (Å²) in [4.78, 5) is 11.2. The van der Waals surface area contributed by atoms with Crippen LogP contribution >= 0.6 is 0 Å². The minimum absolute atomic E-state index is 0.0732. The van der Waals surface area contributed by atoms with Crippen LogP contribution in [0.2, 0.25) is 0 Å². The van der Waals surface area contributed by atoms with Gasteiger partial charge in [-0.25, -0.2) is 23.1 Å². The van der Waals surface area contributed by atoms with Gasteiger partial charge in [0.15, 0.2) is 0 Å². The number of morpholine rings is 1. The van der Waals surface area contributed by atoms with Gasteiger partial charge < -0.3 is 13.9 Å². The number of oxazole rings is 1. The summed E-state index contributed by atoms with van der Waals surface area (Å²) in [6, 6.07) is 5.78. The van der Waals surface area contributed by atoms with E-state index in [0.29, 0.717) is 23.9 Å². The maximum absolute atomic E-state index is 11.0. The number of aromatic amines is 1. The Balaban J connectivity index is 1.47. The maximum Gasteiger partial charge on any atom is 0.227 e. The Labute approximate surface area is 209 Å². The van der Waals surface area contributed by atoms with Crippen molar-refractivity contribution in [1.82, 2.24) is 29.8 Å². The van der Waals surface area contributed by atoms with Gasteiger partial charge in [-0.15, -0.1) is 0 Å². The zero-order valence-corrected chi connectivity index (χ0v) is 21.1. The van der Waals surface area contributed by atoms with Crippen molar-refractivity contribution in [2.75, 3.05) is 20.2 Å². The molecule has 12 heteroatoms. The highest BCUT2D eigenvalue weighted by molar-refractivity contribution is 7.70. The predicted octanol–water partition coefficient (Wildman–Crippen LogP) is 2.51. The van der Waals surface area contributed by atoms with Crippen LogP contribution < -0.4 is 9.46 Å². The van der Waals surface area contributed by atoms with Crippen LogP contribution in [0, 0.1) is 0 Å². The van der Waals surface area contributed by atoms with Crippen molar-refractivity contribution in [2.45, 2.75) is 39.1 Å². The number of benzene rings is 1. The van der Waals surface area contributed by atoms with Gasteiger partial charge in [-0.05, 0) is 37.6 Å². The minimum Gasteiger partial charge on any atom is -0.481 e. The van der Waals surface area contributed by atoms with E-state index >= 15 is 0 Å². The van der Waals surface area contributed by atoms with Crippen molar-refractivity contribution in [3.8, 4) is 28.5 Å². The normalized spacial score (nSPS) is 18.8. The van der Waals surface area contributed by atoms with Crippen molar-refractivity contribution < 1.29 is 22.3 Å². The summed E-state index contributed by atoms with van der Waals surface area (Å²) in [5.41, 5.74) is 3.86. The molecule has 0 aliphatic carbocycles. The molecule has 190 valence electrons. The van der Waals surface area contributed by atoms with Crippen LogP contribution in [0.4, 0.5) is 0 Å². The molecule has 0 radical (unpaired) electrons. The first-order valence-electron chi connectivity index (χ1n) is 11.6. The second-order valence-electron chi connectivity index (χ2n) is 8.92. The van der Waals surface area contributed by atoms with Gasteiger partial charge in [0.1, 0.15) is 5.76 Å². The summed E-state index contributed by atoms with van der Waals surface area (Å²) < 4.78 is 41.8. The van der Waals surface area contributed by atoms with Gasteiger partial charge in [-0.3, -0.25) is 10.00 Å². The first-order valence-corrected chi connectivity index (χ1v) is 12.8. The highest BCUT2D eigenvalue weighted by Gasteiger charge is 2.23. The average molecular weight is 513 g/mol. The van der Waals surface area contributed by atoms with Crippen LogP contribution in [-0.4, -0.2) is 65.9 Å². The number of nitrogens with zero attached hydrogens (tertiary/aromatic N) is 4. The van der Waals surface area contributed by atoms with Crippen LogP contribution in [0.25, 0.3) is 33.5 Å². The van der Waals surface area contributed by atoms with Gasteiger partial charge in [0.2, 0.25) is 22.7 Å². The number of hydrogen-bond acceptors (Lipinski definition) is 9. The first-order chi connectivity index (χ1) is 17.4. The standard InChI is InChI=1S/C24H28N6O5S/c1-14-11-30(12-15(2)34-14)13-19-9-26-24(35-19)20-5-16(6-22-21(20)10-27-29-22)17-4-18(8-28-36(31)32)23(33-3)25-7-17/h4-7,9-10,14-15,36H,8,11-13H2,1-3H3,(H,27,29)(H,28,31,32)/t14-,15+. The van der Waals surface area contributed by atoms with Crippen LogP contribution in [0.3, 0.4) is 0 Å². The molecule has 0 unspecified atom stereocenters. The number of thiol groups is 1. The van der Waals surface area contributed by atoms with Crippen molar-refractivity contribution in [3.63, 3.8) is 0 Å². The molecule has 1 aliphatic heterocycles. The Morgan fingerprint density at radius 3 is 2.67 bits per heavy atom. The van der Waals surface area contributed by atoms with Gasteiger partial charge in [-0.1, -0.05) is 0 Å². The number of nitrogens with one attached hydrogen (secondary N) is 2. The number of rotatable bonds is 8. The van der Waals surface area contributed by atoms with E-state index in [1.807, 2.05) is 18.2 Å². The lowest BCUT2D eigenvalue weighted by Gasteiger charge is -2.34. The summed E-state index contributed by atoms with van der Waals surface area (Å²) in [5, 5.41) is 8.11. The van der Waals surface area contributed by atoms with Crippen LogP contribution in [0.5, 0.6) is 5.88 Å². The highest BCUT2D eigenvalue weighted by atomic mass is 32.2. The lowest BCUT2D eigenvalue weighted by molar-refractivity contribution is -0.0718. The lowest BCUT2D eigenvalue weighted by atomic mass is 10.0. The quantitative estimate of drug-likeness (QED) is 0.304. The molecular formula is C24H28N6O5S. The van der Waals surface area contributed by atoms with E-state index in [2.05, 4.69) is 43.6 Å². The molecule has 5 rings (SSSR count). The monoisotopic (exact) mass is 512 g/mol. The second kappa shape index (κ2) is 10.3. The molecular weight excluding hydrogens is 484 g/mol. The van der Waals surface area contributed by atoms with E-state index in [9.17, 15) is 8.42 Å². The Bertz CT molecular complexity index is 1430. The fraction of sp³-hybridized carbons (Fsp3) is 0.375. The number of pyridine rings is 1. The maximum atomic E-state index is 11.0. The van der Waals surface area contributed by atoms with E-state index in [4.69, 9.17) is 13.9 Å². The van der Waals surface area contributed by atoms with Gasteiger partial charge in [0, 0.05) is 47.9 Å². The van der Waals surface area contributed by atoms with E-state index in [1.54, 1.807) is 18.6 Å². The van der Waals surface area contributed by atoms with Crippen molar-refractivity contribution in [3.05, 3.63) is 48.1 Å². The zero-order chi connectivity index (χ0) is 25.2. The summed E-state index contributed by atoms with van der Waals surface area (Å²) in [7, 11) is -1.25. The van der Waals surface area contributed by atoms with Crippen LogP contribution in [-0.2, 0) is 28.7 Å². The molecule has 0 spiro atoms. The summed E-state index contributed by atoms with van der Waals surface area (Å²) in [6.07, 6.45) is 5.54. The fourth-order valence-corrected chi connectivity index (χ4v) is 4.95. The number of methoxy groups -OCH3 is 1. The number of hydrogen-bond donors (Lipinski definition) is 3. The number of H-pyrrole nitrogens is 1. The second-order valence-corrected chi connectivity index (χ2v) is 9.75. The number of fused-ring (bicyclic) bond motifs is 1. The first kappa shape index (κ1) is 24.4.